The second kappa shape index (κ2) is 5.58. The number of hydrogen-bond acceptors (Lipinski definition) is 5. The Hall–Kier alpha value is -2.89. The van der Waals surface area contributed by atoms with Crippen LogP contribution in [0.4, 0.5) is 0 Å². The van der Waals surface area contributed by atoms with Gasteiger partial charge in [0.1, 0.15) is 0 Å². The Morgan fingerprint density at radius 2 is 2.04 bits per heavy atom. The van der Waals surface area contributed by atoms with Gasteiger partial charge in [-0.1, -0.05) is 18.2 Å². The number of aromatic nitrogens is 1. The zero-order valence-corrected chi connectivity index (χ0v) is 14.0. The molecule has 2 aromatic rings. The van der Waals surface area contributed by atoms with Crippen LogP contribution in [0.15, 0.2) is 36.0 Å². The molecule has 1 aliphatic heterocycles. The lowest BCUT2D eigenvalue weighted by Gasteiger charge is -2.33. The lowest BCUT2D eigenvalue weighted by molar-refractivity contribution is -0.147. The topological polar surface area (TPSA) is 79.5 Å². The molecule has 0 bridgehead atoms. The van der Waals surface area contributed by atoms with Crippen molar-refractivity contribution in [2.45, 2.75) is 6.42 Å². The van der Waals surface area contributed by atoms with Crippen molar-refractivity contribution < 1.29 is 19.1 Å². The first-order valence-corrected chi connectivity index (χ1v) is 8.19. The van der Waals surface area contributed by atoms with E-state index in [2.05, 4.69) is 4.98 Å². The molecule has 0 fully saturated rings. The predicted octanol–water partition coefficient (Wildman–Crippen LogP) is 2.17. The summed E-state index contributed by atoms with van der Waals surface area (Å²) in [7, 11) is 3.14. The van der Waals surface area contributed by atoms with Crippen LogP contribution in [-0.4, -0.2) is 48.1 Å². The summed E-state index contributed by atoms with van der Waals surface area (Å²) in [6.45, 7) is 0.427. The van der Waals surface area contributed by atoms with E-state index in [0.717, 1.165) is 10.9 Å². The maximum atomic E-state index is 13.3. The predicted molar refractivity (Wildman–Crippen MR) is 91.3 cm³/mol. The molecule has 4 rings (SSSR count). The molecule has 0 saturated carbocycles. The fourth-order valence-electron chi connectivity index (χ4n) is 3.94. The van der Waals surface area contributed by atoms with Crippen molar-refractivity contribution in [3.05, 3.63) is 47.3 Å². The first-order chi connectivity index (χ1) is 12.0. The third-order valence-corrected chi connectivity index (χ3v) is 5.11. The number of nitrogens with one attached hydrogen (secondary N) is 1. The summed E-state index contributed by atoms with van der Waals surface area (Å²) >= 11 is 0. The van der Waals surface area contributed by atoms with E-state index in [1.165, 1.54) is 7.11 Å². The number of carbonyl (C=O) groups is 3. The number of ketones is 2. The molecule has 1 N–H and O–H groups in total. The zero-order valence-electron chi connectivity index (χ0n) is 14.0. The lowest BCUT2D eigenvalue weighted by Crippen LogP contribution is -2.40. The number of ether oxygens (including phenoxy) is 1. The molecule has 1 aromatic heterocycles. The van der Waals surface area contributed by atoms with E-state index in [1.807, 2.05) is 36.2 Å². The molecule has 128 valence electrons. The summed E-state index contributed by atoms with van der Waals surface area (Å²) in [4.78, 5) is 43.2. The molecule has 0 saturated heterocycles. The average Bonchev–Trinajstić information content (AvgIpc) is 2.96. The molecule has 0 amide bonds. The van der Waals surface area contributed by atoms with Gasteiger partial charge in [-0.2, -0.15) is 0 Å². The van der Waals surface area contributed by atoms with Crippen molar-refractivity contribution in [3.63, 3.8) is 0 Å². The van der Waals surface area contributed by atoms with Gasteiger partial charge in [-0.15, -0.1) is 0 Å². The summed E-state index contributed by atoms with van der Waals surface area (Å²) < 4.78 is 4.90. The third-order valence-electron chi connectivity index (χ3n) is 5.11. The van der Waals surface area contributed by atoms with Gasteiger partial charge in [-0.3, -0.25) is 14.4 Å². The molecule has 2 heterocycles. The van der Waals surface area contributed by atoms with Crippen molar-refractivity contribution >= 4 is 28.4 Å². The van der Waals surface area contributed by atoms with Gasteiger partial charge in [0.2, 0.25) is 0 Å². The lowest BCUT2D eigenvalue weighted by atomic mass is 9.79. The number of carbonyl (C=O) groups excluding carboxylic acids is 3. The quantitative estimate of drug-likeness (QED) is 0.806. The highest BCUT2D eigenvalue weighted by Crippen LogP contribution is 2.39. The maximum absolute atomic E-state index is 13.3. The first-order valence-electron chi connectivity index (χ1n) is 8.19. The number of fused-ring (bicyclic) bond motifs is 4. The Morgan fingerprint density at radius 3 is 2.80 bits per heavy atom. The minimum Gasteiger partial charge on any atom is -0.469 e. The summed E-state index contributed by atoms with van der Waals surface area (Å²) in [6.07, 6.45) is 1.88. The SMILES string of the molecule is COC(=O)[C@H]1CN(C)C=C2C(=O)c3c([nH]c4ccccc34)C(=O)C[C@H]21. The van der Waals surface area contributed by atoms with Crippen LogP contribution < -0.4 is 0 Å². The van der Waals surface area contributed by atoms with Gasteiger partial charge in [-0.25, -0.2) is 0 Å². The van der Waals surface area contributed by atoms with E-state index in [4.69, 9.17) is 4.74 Å². The minimum absolute atomic E-state index is 0.116. The summed E-state index contributed by atoms with van der Waals surface area (Å²) in [5.41, 5.74) is 2.02. The number of Topliss-reactive ketones (excluding diaryl/α,β-unsaturated/α-hetero) is 2. The van der Waals surface area contributed by atoms with Gasteiger partial charge in [-0.05, 0) is 6.07 Å². The molecule has 2 atom stereocenters. The molecule has 0 unspecified atom stereocenters. The Bertz CT molecular complexity index is 940. The van der Waals surface area contributed by atoms with Crippen molar-refractivity contribution in [1.82, 2.24) is 9.88 Å². The van der Waals surface area contributed by atoms with E-state index >= 15 is 0 Å². The molecular formula is C19H18N2O4. The number of H-pyrrole nitrogens is 1. The second-order valence-corrected chi connectivity index (χ2v) is 6.64. The molecule has 6 heteroatoms. The fraction of sp³-hybridized carbons (Fsp3) is 0.316. The number of allylic oxidation sites excluding steroid dienone is 1. The van der Waals surface area contributed by atoms with Gasteiger partial charge in [0.15, 0.2) is 11.6 Å². The molecule has 0 radical (unpaired) electrons. The Kier molecular flexibility index (Phi) is 3.49. The molecule has 2 aliphatic rings. The molecule has 1 aromatic carbocycles. The number of methoxy groups -OCH3 is 1. The van der Waals surface area contributed by atoms with Crippen molar-refractivity contribution in [1.29, 1.82) is 0 Å². The van der Waals surface area contributed by atoms with Crippen LogP contribution in [0.3, 0.4) is 0 Å². The Balaban J connectivity index is 1.91. The van der Waals surface area contributed by atoms with Gasteiger partial charge < -0.3 is 14.6 Å². The zero-order chi connectivity index (χ0) is 17.7. The van der Waals surface area contributed by atoms with Crippen LogP contribution in [0.2, 0.25) is 0 Å². The van der Waals surface area contributed by atoms with Gasteiger partial charge in [0.25, 0.3) is 0 Å². The van der Waals surface area contributed by atoms with Gasteiger partial charge in [0, 0.05) is 48.6 Å². The molecule has 6 nitrogen and oxygen atoms in total. The van der Waals surface area contributed by atoms with Gasteiger partial charge >= 0.3 is 5.97 Å². The van der Waals surface area contributed by atoms with Crippen LogP contribution in [0.5, 0.6) is 0 Å². The monoisotopic (exact) mass is 338 g/mol. The minimum atomic E-state index is -0.529. The number of nitrogens with zero attached hydrogens (tertiary/aromatic N) is 1. The fourth-order valence-corrected chi connectivity index (χ4v) is 3.94. The highest BCUT2D eigenvalue weighted by Gasteiger charge is 2.43. The first kappa shape index (κ1) is 15.6. The summed E-state index contributed by atoms with van der Waals surface area (Å²) in [6, 6.07) is 7.38. The smallest absolute Gasteiger partial charge is 0.311 e. The number of benzene rings is 1. The number of para-hydroxylation sites is 1. The van der Waals surface area contributed by atoms with Crippen LogP contribution in [0, 0.1) is 11.8 Å². The van der Waals surface area contributed by atoms with E-state index < -0.39 is 17.8 Å². The van der Waals surface area contributed by atoms with Gasteiger partial charge in [0.05, 0.1) is 24.3 Å². The molecular weight excluding hydrogens is 320 g/mol. The highest BCUT2D eigenvalue weighted by atomic mass is 16.5. The van der Waals surface area contributed by atoms with Crippen molar-refractivity contribution in [2.24, 2.45) is 11.8 Å². The number of hydrogen-bond donors (Lipinski definition) is 1. The maximum Gasteiger partial charge on any atom is 0.311 e. The third kappa shape index (κ3) is 2.28. The molecule has 0 spiro atoms. The summed E-state index contributed by atoms with van der Waals surface area (Å²) in [5, 5.41) is 0.736. The molecule has 25 heavy (non-hydrogen) atoms. The van der Waals surface area contributed by atoms with Crippen LogP contribution in [0.1, 0.15) is 27.3 Å². The number of aromatic amines is 1. The Labute approximate surface area is 144 Å². The van der Waals surface area contributed by atoms with Crippen LogP contribution in [0.25, 0.3) is 10.9 Å². The van der Waals surface area contributed by atoms with Crippen molar-refractivity contribution in [2.75, 3.05) is 20.7 Å². The van der Waals surface area contributed by atoms with E-state index in [9.17, 15) is 14.4 Å². The van der Waals surface area contributed by atoms with E-state index in [0.29, 0.717) is 23.4 Å². The normalized spacial score (nSPS) is 23.0. The summed E-state index contributed by atoms with van der Waals surface area (Å²) in [5.74, 6) is -1.71. The highest BCUT2D eigenvalue weighted by molar-refractivity contribution is 6.24. The second-order valence-electron chi connectivity index (χ2n) is 6.64. The van der Waals surface area contributed by atoms with Crippen LogP contribution in [-0.2, 0) is 9.53 Å². The molecule has 1 aliphatic carbocycles. The number of esters is 1. The van der Waals surface area contributed by atoms with Crippen LogP contribution >= 0.6 is 0 Å². The van der Waals surface area contributed by atoms with E-state index in [1.54, 1.807) is 6.20 Å². The van der Waals surface area contributed by atoms with E-state index in [-0.39, 0.29) is 18.0 Å². The largest absolute Gasteiger partial charge is 0.469 e. The number of rotatable bonds is 1. The Morgan fingerprint density at radius 1 is 1.28 bits per heavy atom. The standard InChI is InChI=1S/C19H18N2O4/c1-21-8-12-11(13(9-21)19(24)25-2)7-15(22)17-16(18(12)23)10-5-3-4-6-14(10)20-17/h3-6,8,11,13,20H,7,9H2,1-2H3/t11-,13+/m1/s1. The average molecular weight is 338 g/mol. The van der Waals surface area contributed by atoms with Crippen molar-refractivity contribution in [3.8, 4) is 0 Å².